The van der Waals surface area contributed by atoms with E-state index in [1.807, 2.05) is 13.8 Å². The van der Waals surface area contributed by atoms with Gasteiger partial charge in [0.05, 0.1) is 6.61 Å². The van der Waals surface area contributed by atoms with E-state index in [1.54, 1.807) is 0 Å². The van der Waals surface area contributed by atoms with Crippen LogP contribution in [0.4, 0.5) is 0 Å². The summed E-state index contributed by atoms with van der Waals surface area (Å²) in [5.41, 5.74) is 0. The van der Waals surface area contributed by atoms with Crippen molar-refractivity contribution in [2.24, 2.45) is 0 Å². The van der Waals surface area contributed by atoms with E-state index in [1.165, 1.54) is 0 Å². The van der Waals surface area contributed by atoms with Gasteiger partial charge in [-0.25, -0.2) is 0 Å². The molecular weight excluding hydrogens is 207 g/mol. The van der Waals surface area contributed by atoms with Crippen molar-refractivity contribution in [2.45, 2.75) is 33.6 Å². The van der Waals surface area contributed by atoms with Crippen molar-refractivity contribution in [3.63, 3.8) is 0 Å². The summed E-state index contributed by atoms with van der Waals surface area (Å²) in [5.74, 6) is 1.50. The maximum Gasteiger partial charge on any atom is 0.434 e. The van der Waals surface area contributed by atoms with Crippen molar-refractivity contribution in [3.8, 4) is 0 Å². The fourth-order valence-electron chi connectivity index (χ4n) is 0.856. The highest BCUT2D eigenvalue weighted by Crippen LogP contribution is 2.58. The Balaban J connectivity index is 2.40. The van der Waals surface area contributed by atoms with Gasteiger partial charge in [0.2, 0.25) is 0 Å². The van der Waals surface area contributed by atoms with Gasteiger partial charge < -0.3 is 9.05 Å². The largest absolute Gasteiger partial charge is 0.434 e. The summed E-state index contributed by atoms with van der Waals surface area (Å²) >= 11 is 5.14. The molecule has 0 amide bonds. The summed E-state index contributed by atoms with van der Waals surface area (Å²) in [4.78, 5) is 0. The minimum atomic E-state index is -2.45. The van der Waals surface area contributed by atoms with Crippen LogP contribution in [0.5, 0.6) is 0 Å². The Bertz CT molecular complexity index is 244. The molecule has 1 rings (SSSR count). The standard InChI is InChI=1S/C8H15O3PS/c1-4-5-6-9-12(13)10-7(2)8(3)11-12/h4-6H2,1-3H3. The molecule has 0 N–H and O–H groups in total. The predicted molar refractivity (Wildman–Crippen MR) is 55.7 cm³/mol. The van der Waals surface area contributed by atoms with Gasteiger partial charge in [-0.15, -0.1) is 0 Å². The first-order chi connectivity index (χ1) is 6.07. The van der Waals surface area contributed by atoms with E-state index in [9.17, 15) is 0 Å². The summed E-state index contributed by atoms with van der Waals surface area (Å²) in [5, 5.41) is 0. The van der Waals surface area contributed by atoms with Crippen LogP contribution < -0.4 is 0 Å². The molecular formula is C8H15O3PS. The van der Waals surface area contributed by atoms with Gasteiger partial charge >= 0.3 is 6.72 Å². The highest BCUT2D eigenvalue weighted by Gasteiger charge is 2.31. The minimum Gasteiger partial charge on any atom is -0.417 e. The summed E-state index contributed by atoms with van der Waals surface area (Å²) in [6, 6.07) is 0. The van der Waals surface area contributed by atoms with Crippen LogP contribution in [0.2, 0.25) is 0 Å². The Morgan fingerprint density at radius 3 is 2.31 bits per heavy atom. The Morgan fingerprint density at radius 2 is 1.85 bits per heavy atom. The molecule has 0 saturated heterocycles. The van der Waals surface area contributed by atoms with Crippen LogP contribution in [-0.2, 0) is 25.4 Å². The predicted octanol–water partition coefficient (Wildman–Crippen LogP) is 3.33. The van der Waals surface area contributed by atoms with E-state index in [0.29, 0.717) is 6.61 Å². The fraction of sp³-hybridized carbons (Fsp3) is 0.750. The van der Waals surface area contributed by atoms with E-state index in [2.05, 4.69) is 6.92 Å². The lowest BCUT2D eigenvalue weighted by atomic mass is 10.4. The molecule has 0 unspecified atom stereocenters. The van der Waals surface area contributed by atoms with Gasteiger partial charge in [0.25, 0.3) is 0 Å². The van der Waals surface area contributed by atoms with Gasteiger partial charge in [0, 0.05) is 11.8 Å². The van der Waals surface area contributed by atoms with Gasteiger partial charge in [-0.1, -0.05) is 13.3 Å². The number of hydrogen-bond donors (Lipinski definition) is 0. The Hall–Kier alpha value is -0.0500. The van der Waals surface area contributed by atoms with E-state index in [-0.39, 0.29) is 0 Å². The zero-order chi connectivity index (χ0) is 9.90. The number of allylic oxidation sites excluding steroid dienone is 2. The van der Waals surface area contributed by atoms with Crippen LogP contribution >= 0.6 is 6.72 Å². The minimum absolute atomic E-state index is 0.619. The lowest BCUT2D eigenvalue weighted by Gasteiger charge is -2.14. The molecule has 0 radical (unpaired) electrons. The maximum atomic E-state index is 5.41. The van der Waals surface area contributed by atoms with Crippen LogP contribution in [0, 0.1) is 0 Å². The van der Waals surface area contributed by atoms with Crippen molar-refractivity contribution < 1.29 is 13.6 Å². The summed E-state index contributed by atoms with van der Waals surface area (Å²) in [6.45, 7) is 3.95. The quantitative estimate of drug-likeness (QED) is 0.538. The number of unbranched alkanes of at least 4 members (excludes halogenated alkanes) is 1. The molecule has 0 aromatic heterocycles. The molecule has 0 spiro atoms. The zero-order valence-corrected chi connectivity index (χ0v) is 9.91. The Morgan fingerprint density at radius 1 is 1.31 bits per heavy atom. The highest BCUT2D eigenvalue weighted by atomic mass is 32.5. The molecule has 13 heavy (non-hydrogen) atoms. The second-order valence-corrected chi connectivity index (χ2v) is 5.79. The average Bonchev–Trinajstić information content (AvgIpc) is 2.27. The number of rotatable bonds is 4. The third-order valence-corrected chi connectivity index (χ3v) is 4.00. The molecule has 0 aliphatic carbocycles. The smallest absolute Gasteiger partial charge is 0.417 e. The monoisotopic (exact) mass is 222 g/mol. The first-order valence-corrected chi connectivity index (χ1v) is 6.94. The summed E-state index contributed by atoms with van der Waals surface area (Å²) in [7, 11) is 0. The molecule has 1 heterocycles. The van der Waals surface area contributed by atoms with Crippen LogP contribution in [0.25, 0.3) is 0 Å². The van der Waals surface area contributed by atoms with Crippen LogP contribution in [0.3, 0.4) is 0 Å². The summed E-state index contributed by atoms with van der Waals surface area (Å²) in [6.07, 6.45) is 2.07. The fourth-order valence-corrected chi connectivity index (χ4v) is 3.17. The molecule has 76 valence electrons. The SMILES string of the molecule is CCCCOP1(=S)OC(C)=C(C)O1. The van der Waals surface area contributed by atoms with Gasteiger partial charge in [-0.3, -0.25) is 4.52 Å². The normalized spacial score (nSPS) is 19.9. The molecule has 0 bridgehead atoms. The van der Waals surface area contributed by atoms with Gasteiger partial charge in [0.1, 0.15) is 11.5 Å². The third kappa shape index (κ3) is 2.97. The van der Waals surface area contributed by atoms with Crippen molar-refractivity contribution in [1.82, 2.24) is 0 Å². The first kappa shape index (κ1) is 11.0. The highest BCUT2D eigenvalue weighted by molar-refractivity contribution is 8.07. The number of hydrogen-bond acceptors (Lipinski definition) is 4. The molecule has 5 heteroatoms. The van der Waals surface area contributed by atoms with E-state index in [0.717, 1.165) is 24.4 Å². The molecule has 1 aliphatic rings. The van der Waals surface area contributed by atoms with Gasteiger partial charge in [-0.2, -0.15) is 0 Å². The summed E-state index contributed by atoms with van der Waals surface area (Å²) < 4.78 is 16.1. The molecule has 0 aromatic carbocycles. The molecule has 0 saturated carbocycles. The Labute approximate surface area is 84.3 Å². The Kier molecular flexibility index (Phi) is 3.77. The van der Waals surface area contributed by atoms with Crippen molar-refractivity contribution in [2.75, 3.05) is 6.61 Å². The van der Waals surface area contributed by atoms with Crippen molar-refractivity contribution in [1.29, 1.82) is 0 Å². The zero-order valence-electron chi connectivity index (χ0n) is 8.20. The molecule has 0 fully saturated rings. The first-order valence-electron chi connectivity index (χ1n) is 4.38. The van der Waals surface area contributed by atoms with Gasteiger partial charge in [0.15, 0.2) is 0 Å². The van der Waals surface area contributed by atoms with Crippen molar-refractivity contribution in [3.05, 3.63) is 11.5 Å². The molecule has 1 aliphatic heterocycles. The topological polar surface area (TPSA) is 27.7 Å². The van der Waals surface area contributed by atoms with Crippen LogP contribution in [-0.4, -0.2) is 6.61 Å². The molecule has 0 atom stereocenters. The average molecular weight is 222 g/mol. The lowest BCUT2D eigenvalue weighted by Crippen LogP contribution is -1.93. The lowest BCUT2D eigenvalue weighted by molar-refractivity contribution is 0.241. The molecule has 0 aromatic rings. The van der Waals surface area contributed by atoms with E-state index in [4.69, 9.17) is 25.4 Å². The van der Waals surface area contributed by atoms with Gasteiger partial charge in [-0.05, 0) is 20.3 Å². The van der Waals surface area contributed by atoms with E-state index < -0.39 is 6.72 Å². The second-order valence-electron chi connectivity index (χ2n) is 2.93. The third-order valence-electron chi connectivity index (χ3n) is 1.74. The van der Waals surface area contributed by atoms with Crippen LogP contribution in [0.1, 0.15) is 33.6 Å². The van der Waals surface area contributed by atoms with Crippen molar-refractivity contribution >= 4 is 18.5 Å². The maximum absolute atomic E-state index is 5.41. The second kappa shape index (κ2) is 4.45. The van der Waals surface area contributed by atoms with Crippen LogP contribution in [0.15, 0.2) is 11.5 Å². The molecule has 3 nitrogen and oxygen atoms in total. The van der Waals surface area contributed by atoms with E-state index >= 15 is 0 Å².